The van der Waals surface area contributed by atoms with Crippen molar-refractivity contribution in [1.29, 1.82) is 0 Å². The molecule has 1 N–H and O–H groups in total. The fourth-order valence-electron chi connectivity index (χ4n) is 2.91. The zero-order valence-corrected chi connectivity index (χ0v) is 16.2. The highest BCUT2D eigenvalue weighted by molar-refractivity contribution is 7.92. The molecular formula is C18H16F2N6O2S. The number of alkyl halides is 2. The molecule has 150 valence electrons. The maximum Gasteiger partial charge on any atom is 0.270 e. The van der Waals surface area contributed by atoms with Crippen LogP contribution in [0.15, 0.2) is 60.0 Å². The zero-order chi connectivity index (χ0) is 20.8. The molecule has 0 bridgehead atoms. The monoisotopic (exact) mass is 418 g/mol. The summed E-state index contributed by atoms with van der Waals surface area (Å²) in [5.74, 6) is -2.97. The second kappa shape index (κ2) is 6.62. The molecule has 0 fully saturated rings. The van der Waals surface area contributed by atoms with E-state index in [0.29, 0.717) is 11.2 Å². The number of sulfonamides is 1. The van der Waals surface area contributed by atoms with Gasteiger partial charge in [-0.3, -0.25) is 9.40 Å². The number of hydrogen-bond acceptors (Lipinski definition) is 5. The number of aromatic nitrogens is 5. The molecule has 3 aromatic heterocycles. The van der Waals surface area contributed by atoms with Gasteiger partial charge in [0.2, 0.25) is 0 Å². The Labute approximate surface area is 164 Å². The minimum Gasteiger partial charge on any atom is -0.277 e. The summed E-state index contributed by atoms with van der Waals surface area (Å²) in [7, 11) is -2.27. The standard InChI is InChI=1S/C18H16F2N6O2S/c1-18(19,20)13-6-7-21-16(8-13)26-11-14(10-23-26)29(27,28)24-15-5-3-4-12-9-22-25(2)17(12)15/h3-11,24H,1-2H3. The SMILES string of the molecule is Cn1ncc2cccc(NS(=O)(=O)c3cnn(-c4cc(C(C)(F)F)ccn4)c3)c21. The summed E-state index contributed by atoms with van der Waals surface area (Å²) in [6.45, 7) is 0.772. The first-order valence-electron chi connectivity index (χ1n) is 8.48. The summed E-state index contributed by atoms with van der Waals surface area (Å²) in [6.07, 6.45) is 5.20. The summed E-state index contributed by atoms with van der Waals surface area (Å²) in [5.41, 5.74) is 0.743. The lowest BCUT2D eigenvalue weighted by Crippen LogP contribution is -2.13. The molecule has 0 aliphatic rings. The van der Waals surface area contributed by atoms with Crippen LogP contribution in [-0.4, -0.2) is 33.0 Å². The number of nitrogens with one attached hydrogen (secondary N) is 1. The van der Waals surface area contributed by atoms with E-state index in [0.717, 1.165) is 29.3 Å². The topological polar surface area (TPSA) is 94.7 Å². The second-order valence-electron chi connectivity index (χ2n) is 6.53. The molecule has 3 heterocycles. The zero-order valence-electron chi connectivity index (χ0n) is 15.4. The quantitative estimate of drug-likeness (QED) is 0.538. The van der Waals surface area contributed by atoms with E-state index in [2.05, 4.69) is 19.9 Å². The van der Waals surface area contributed by atoms with Crippen molar-refractivity contribution in [3.8, 4) is 5.82 Å². The van der Waals surface area contributed by atoms with Crippen LogP contribution in [-0.2, 0) is 23.0 Å². The van der Waals surface area contributed by atoms with Gasteiger partial charge < -0.3 is 0 Å². The van der Waals surface area contributed by atoms with Crippen molar-refractivity contribution in [3.05, 3.63) is 60.7 Å². The number of para-hydroxylation sites is 1. The van der Waals surface area contributed by atoms with Crippen LogP contribution in [0, 0.1) is 0 Å². The Morgan fingerprint density at radius 1 is 1.14 bits per heavy atom. The highest BCUT2D eigenvalue weighted by atomic mass is 32.2. The maximum atomic E-state index is 13.6. The van der Waals surface area contributed by atoms with E-state index in [1.54, 1.807) is 30.1 Å². The van der Waals surface area contributed by atoms with E-state index in [1.807, 2.05) is 6.07 Å². The van der Waals surface area contributed by atoms with Crippen molar-refractivity contribution in [2.45, 2.75) is 17.7 Å². The van der Waals surface area contributed by atoms with Crippen LogP contribution < -0.4 is 4.72 Å². The van der Waals surface area contributed by atoms with Crippen LogP contribution in [0.3, 0.4) is 0 Å². The summed E-state index contributed by atoms with van der Waals surface area (Å²) < 4.78 is 58.0. The van der Waals surface area contributed by atoms with E-state index >= 15 is 0 Å². The third-order valence-electron chi connectivity index (χ3n) is 4.36. The Morgan fingerprint density at radius 3 is 2.69 bits per heavy atom. The lowest BCUT2D eigenvalue weighted by Gasteiger charge is -2.11. The summed E-state index contributed by atoms with van der Waals surface area (Å²) in [4.78, 5) is 3.86. The molecule has 0 unspecified atom stereocenters. The molecule has 0 amide bonds. The fraction of sp³-hybridized carbons (Fsp3) is 0.167. The lowest BCUT2D eigenvalue weighted by atomic mass is 10.1. The molecule has 29 heavy (non-hydrogen) atoms. The van der Waals surface area contributed by atoms with E-state index in [1.165, 1.54) is 18.5 Å². The Hall–Kier alpha value is -3.34. The minimum absolute atomic E-state index is 0.0826. The molecule has 0 saturated heterocycles. The second-order valence-corrected chi connectivity index (χ2v) is 8.21. The first-order chi connectivity index (χ1) is 13.6. The maximum absolute atomic E-state index is 13.6. The molecule has 8 nitrogen and oxygen atoms in total. The Kier molecular flexibility index (Phi) is 4.34. The van der Waals surface area contributed by atoms with Crippen LogP contribution in [0.5, 0.6) is 0 Å². The van der Waals surface area contributed by atoms with Crippen molar-refractivity contribution in [2.24, 2.45) is 7.05 Å². The summed E-state index contributed by atoms with van der Waals surface area (Å²) in [5, 5.41) is 8.87. The lowest BCUT2D eigenvalue weighted by molar-refractivity contribution is 0.0173. The molecule has 0 saturated carbocycles. The van der Waals surface area contributed by atoms with Gasteiger partial charge in [-0.2, -0.15) is 10.2 Å². The summed E-state index contributed by atoms with van der Waals surface area (Å²) in [6, 6.07) is 7.51. The molecule has 4 aromatic rings. The molecule has 0 spiro atoms. The average Bonchev–Trinajstić information content (AvgIpc) is 3.30. The van der Waals surface area contributed by atoms with Gasteiger partial charge in [-0.05, 0) is 18.2 Å². The number of pyridine rings is 1. The molecule has 11 heteroatoms. The average molecular weight is 418 g/mol. The normalized spacial score (nSPS) is 12.4. The predicted molar refractivity (Wildman–Crippen MR) is 102 cm³/mol. The van der Waals surface area contributed by atoms with E-state index in [9.17, 15) is 17.2 Å². The number of halogens is 2. The first kappa shape index (κ1) is 19.0. The van der Waals surface area contributed by atoms with Gasteiger partial charge in [0.15, 0.2) is 5.82 Å². The Morgan fingerprint density at radius 2 is 1.93 bits per heavy atom. The van der Waals surface area contributed by atoms with Crippen LogP contribution in [0.1, 0.15) is 12.5 Å². The number of rotatable bonds is 5. The molecule has 0 aliphatic carbocycles. The molecule has 1 aromatic carbocycles. The first-order valence-corrected chi connectivity index (χ1v) is 9.96. The van der Waals surface area contributed by atoms with Crippen molar-refractivity contribution < 1.29 is 17.2 Å². The summed E-state index contributed by atoms with van der Waals surface area (Å²) >= 11 is 0. The third-order valence-corrected chi connectivity index (χ3v) is 5.68. The Bertz CT molecular complexity index is 1310. The number of benzene rings is 1. The number of aryl methyl sites for hydroxylation is 1. The van der Waals surface area contributed by atoms with Gasteiger partial charge >= 0.3 is 0 Å². The third kappa shape index (κ3) is 3.56. The predicted octanol–water partition coefficient (Wildman–Crippen LogP) is 3.07. The molecule has 0 aliphatic heterocycles. The van der Waals surface area contributed by atoms with Gasteiger partial charge in [0, 0.05) is 31.1 Å². The van der Waals surface area contributed by atoms with Gasteiger partial charge in [0.05, 0.1) is 29.8 Å². The van der Waals surface area contributed by atoms with Crippen LogP contribution in [0.25, 0.3) is 16.7 Å². The molecular weight excluding hydrogens is 402 g/mol. The van der Waals surface area contributed by atoms with E-state index in [4.69, 9.17) is 0 Å². The molecule has 0 atom stereocenters. The van der Waals surface area contributed by atoms with Crippen LogP contribution >= 0.6 is 0 Å². The number of anilines is 1. The number of hydrogen-bond donors (Lipinski definition) is 1. The van der Waals surface area contributed by atoms with Crippen molar-refractivity contribution in [1.82, 2.24) is 24.5 Å². The molecule has 4 rings (SSSR count). The van der Waals surface area contributed by atoms with Gasteiger partial charge in [-0.1, -0.05) is 12.1 Å². The smallest absolute Gasteiger partial charge is 0.270 e. The minimum atomic E-state index is -3.98. The van der Waals surface area contributed by atoms with Crippen molar-refractivity contribution in [3.63, 3.8) is 0 Å². The Balaban J connectivity index is 1.68. The highest BCUT2D eigenvalue weighted by Crippen LogP contribution is 2.28. The van der Waals surface area contributed by atoms with Gasteiger partial charge in [0.25, 0.3) is 15.9 Å². The van der Waals surface area contributed by atoms with Gasteiger partial charge in [-0.25, -0.2) is 26.9 Å². The van der Waals surface area contributed by atoms with E-state index < -0.39 is 15.9 Å². The van der Waals surface area contributed by atoms with Crippen molar-refractivity contribution >= 4 is 26.6 Å². The van der Waals surface area contributed by atoms with Crippen molar-refractivity contribution in [2.75, 3.05) is 4.72 Å². The van der Waals surface area contributed by atoms with Crippen LogP contribution in [0.2, 0.25) is 0 Å². The van der Waals surface area contributed by atoms with Crippen LogP contribution in [0.4, 0.5) is 14.5 Å². The van der Waals surface area contributed by atoms with Gasteiger partial charge in [0.1, 0.15) is 4.90 Å². The largest absolute Gasteiger partial charge is 0.277 e. The van der Waals surface area contributed by atoms with Gasteiger partial charge in [-0.15, -0.1) is 0 Å². The number of nitrogens with zero attached hydrogens (tertiary/aromatic N) is 5. The number of fused-ring (bicyclic) bond motifs is 1. The fourth-order valence-corrected chi connectivity index (χ4v) is 3.90. The highest BCUT2D eigenvalue weighted by Gasteiger charge is 2.25. The van der Waals surface area contributed by atoms with E-state index in [-0.39, 0.29) is 16.3 Å². The molecule has 0 radical (unpaired) electrons.